The number of rotatable bonds is 3. The third-order valence-corrected chi connectivity index (χ3v) is 4.68. The number of aromatic hydroxyl groups is 1. The average Bonchev–Trinajstić information content (AvgIpc) is 2.93. The van der Waals surface area contributed by atoms with E-state index in [0.717, 1.165) is 18.2 Å². The van der Waals surface area contributed by atoms with E-state index < -0.39 is 47.0 Å². The van der Waals surface area contributed by atoms with Crippen molar-refractivity contribution >= 4 is 17.5 Å². The van der Waals surface area contributed by atoms with Gasteiger partial charge in [-0.3, -0.25) is 9.59 Å². The number of hydrogen-bond acceptors (Lipinski definition) is 3. The second kappa shape index (κ2) is 7.14. The summed E-state index contributed by atoms with van der Waals surface area (Å²) in [5.41, 5.74) is -1.02. The van der Waals surface area contributed by atoms with E-state index in [1.165, 1.54) is 36.2 Å². The van der Waals surface area contributed by atoms with E-state index in [9.17, 15) is 32.3 Å². The lowest BCUT2D eigenvalue weighted by molar-refractivity contribution is -0.137. The van der Waals surface area contributed by atoms with Gasteiger partial charge in [-0.1, -0.05) is 24.3 Å². The first-order valence-corrected chi connectivity index (χ1v) is 8.30. The first-order valence-electron chi connectivity index (χ1n) is 8.30. The van der Waals surface area contributed by atoms with E-state index in [1.54, 1.807) is 0 Å². The molecule has 1 saturated heterocycles. The van der Waals surface area contributed by atoms with Crippen LogP contribution in [0.3, 0.4) is 0 Å². The summed E-state index contributed by atoms with van der Waals surface area (Å²) in [6.07, 6.45) is -4.56. The van der Waals surface area contributed by atoms with Crippen LogP contribution >= 0.6 is 0 Å². The Morgan fingerprint density at radius 1 is 1.21 bits per heavy atom. The number of phenolic OH excluding ortho intramolecular Hbond substituents is 1. The minimum absolute atomic E-state index is 0.0424. The molecule has 0 bridgehead atoms. The molecular weight excluding hydrogens is 380 g/mol. The normalized spacial score (nSPS) is 19.8. The maximum atomic E-state index is 13.9. The zero-order chi connectivity index (χ0) is 20.6. The van der Waals surface area contributed by atoms with Crippen molar-refractivity contribution in [3.8, 4) is 5.75 Å². The predicted molar refractivity (Wildman–Crippen MR) is 92.0 cm³/mol. The smallest absolute Gasteiger partial charge is 0.416 e. The fraction of sp³-hybridized carbons (Fsp3) is 0.263. The molecule has 1 heterocycles. The van der Waals surface area contributed by atoms with E-state index in [-0.39, 0.29) is 17.8 Å². The summed E-state index contributed by atoms with van der Waals surface area (Å²) in [4.78, 5) is 26.4. The number of amides is 2. The molecule has 2 N–H and O–H groups in total. The number of likely N-dealkylation sites (tertiary alicyclic amines) is 1. The molecule has 1 aliphatic rings. The maximum Gasteiger partial charge on any atom is 0.416 e. The minimum atomic E-state index is -4.56. The minimum Gasteiger partial charge on any atom is -0.505 e. The van der Waals surface area contributed by atoms with Gasteiger partial charge in [0.05, 0.1) is 11.3 Å². The fourth-order valence-electron chi connectivity index (χ4n) is 3.27. The molecule has 3 rings (SSSR count). The zero-order valence-corrected chi connectivity index (χ0v) is 14.6. The SMILES string of the molecule is CN1C[C@H](c2cccc(C(F)(F)F)c2)[C@@H](C(=O)Nc2cccc(O)c2F)C1=O. The number of carbonyl (C=O) groups is 2. The van der Waals surface area contributed by atoms with Crippen molar-refractivity contribution in [2.45, 2.75) is 12.1 Å². The van der Waals surface area contributed by atoms with E-state index in [0.29, 0.717) is 0 Å². The van der Waals surface area contributed by atoms with E-state index >= 15 is 0 Å². The van der Waals surface area contributed by atoms with Crippen LogP contribution in [-0.2, 0) is 15.8 Å². The number of hydrogen-bond donors (Lipinski definition) is 2. The van der Waals surface area contributed by atoms with Crippen LogP contribution < -0.4 is 5.32 Å². The van der Waals surface area contributed by atoms with Gasteiger partial charge in [-0.15, -0.1) is 0 Å². The van der Waals surface area contributed by atoms with Gasteiger partial charge in [-0.2, -0.15) is 13.2 Å². The first-order chi connectivity index (χ1) is 13.1. The Kier molecular flexibility index (Phi) is 5.01. The summed E-state index contributed by atoms with van der Waals surface area (Å²) in [5.74, 6) is -5.34. The largest absolute Gasteiger partial charge is 0.505 e. The van der Waals surface area contributed by atoms with Gasteiger partial charge >= 0.3 is 6.18 Å². The first kappa shape index (κ1) is 19.7. The molecule has 0 radical (unpaired) electrons. The second-order valence-corrected chi connectivity index (χ2v) is 6.55. The molecule has 148 valence electrons. The summed E-state index contributed by atoms with van der Waals surface area (Å²) in [6, 6.07) is 8.04. The number of phenols is 1. The third-order valence-electron chi connectivity index (χ3n) is 4.68. The van der Waals surface area contributed by atoms with Crippen LogP contribution in [0.2, 0.25) is 0 Å². The molecule has 2 atom stereocenters. The van der Waals surface area contributed by atoms with Crippen molar-refractivity contribution in [1.29, 1.82) is 0 Å². The van der Waals surface area contributed by atoms with E-state index in [4.69, 9.17) is 0 Å². The topological polar surface area (TPSA) is 69.6 Å². The van der Waals surface area contributed by atoms with Gasteiger partial charge in [-0.25, -0.2) is 4.39 Å². The highest BCUT2D eigenvalue weighted by Crippen LogP contribution is 2.37. The van der Waals surface area contributed by atoms with Gasteiger partial charge in [0.1, 0.15) is 5.92 Å². The van der Waals surface area contributed by atoms with Gasteiger partial charge in [0.25, 0.3) is 0 Å². The molecule has 1 aliphatic heterocycles. The van der Waals surface area contributed by atoms with Crippen LogP contribution in [0.1, 0.15) is 17.0 Å². The monoisotopic (exact) mass is 396 g/mol. The van der Waals surface area contributed by atoms with Gasteiger partial charge in [0.2, 0.25) is 11.8 Å². The Hall–Kier alpha value is -3.10. The van der Waals surface area contributed by atoms with Crippen LogP contribution in [-0.4, -0.2) is 35.4 Å². The highest BCUT2D eigenvalue weighted by molar-refractivity contribution is 6.08. The number of nitrogens with one attached hydrogen (secondary N) is 1. The highest BCUT2D eigenvalue weighted by atomic mass is 19.4. The third kappa shape index (κ3) is 3.64. The van der Waals surface area contributed by atoms with Gasteiger partial charge in [0, 0.05) is 19.5 Å². The van der Waals surface area contributed by atoms with Crippen molar-refractivity contribution < 1.29 is 32.3 Å². The number of likely N-dealkylation sites (N-methyl/N-ethyl adjacent to an activating group) is 1. The molecule has 2 aromatic rings. The van der Waals surface area contributed by atoms with Crippen LogP contribution in [0.25, 0.3) is 0 Å². The number of nitrogens with zero attached hydrogens (tertiary/aromatic N) is 1. The second-order valence-electron chi connectivity index (χ2n) is 6.55. The van der Waals surface area contributed by atoms with Gasteiger partial charge < -0.3 is 15.3 Å². The lowest BCUT2D eigenvalue weighted by Crippen LogP contribution is -2.33. The lowest BCUT2D eigenvalue weighted by Gasteiger charge is -2.18. The molecular formula is C19H16F4N2O3. The van der Waals surface area contributed by atoms with Gasteiger partial charge in [-0.05, 0) is 23.8 Å². The van der Waals surface area contributed by atoms with Crippen LogP contribution in [0, 0.1) is 11.7 Å². The summed E-state index contributed by atoms with van der Waals surface area (Å²) >= 11 is 0. The quantitative estimate of drug-likeness (QED) is 0.618. The van der Waals surface area contributed by atoms with Crippen molar-refractivity contribution in [1.82, 2.24) is 4.90 Å². The molecule has 2 aromatic carbocycles. The summed E-state index contributed by atoms with van der Waals surface area (Å²) < 4.78 is 53.0. The van der Waals surface area contributed by atoms with Crippen LogP contribution in [0.15, 0.2) is 42.5 Å². The number of benzene rings is 2. The van der Waals surface area contributed by atoms with E-state index in [1.807, 2.05) is 0 Å². The van der Waals surface area contributed by atoms with Crippen LogP contribution in [0.4, 0.5) is 23.2 Å². The zero-order valence-electron chi connectivity index (χ0n) is 14.6. The molecule has 2 amide bonds. The van der Waals surface area contributed by atoms with Gasteiger partial charge in [0.15, 0.2) is 11.6 Å². The molecule has 28 heavy (non-hydrogen) atoms. The molecule has 0 saturated carbocycles. The molecule has 0 aromatic heterocycles. The molecule has 0 aliphatic carbocycles. The number of carbonyl (C=O) groups excluding carboxylic acids is 2. The van der Waals surface area contributed by atoms with Crippen molar-refractivity contribution in [3.05, 3.63) is 59.4 Å². The number of halogens is 4. The Balaban J connectivity index is 1.93. The molecule has 1 fully saturated rings. The van der Waals surface area contributed by atoms with Crippen molar-refractivity contribution in [2.75, 3.05) is 18.9 Å². The molecule has 0 unspecified atom stereocenters. The summed E-state index contributed by atoms with van der Waals surface area (Å²) in [5, 5.41) is 11.6. The Morgan fingerprint density at radius 3 is 2.57 bits per heavy atom. The Bertz CT molecular complexity index is 930. The summed E-state index contributed by atoms with van der Waals surface area (Å²) in [6.45, 7) is 0.0424. The Labute approximate surface area is 157 Å². The van der Waals surface area contributed by atoms with Crippen molar-refractivity contribution in [2.24, 2.45) is 5.92 Å². The average molecular weight is 396 g/mol. The van der Waals surface area contributed by atoms with E-state index in [2.05, 4.69) is 5.32 Å². The fourth-order valence-corrected chi connectivity index (χ4v) is 3.27. The molecule has 5 nitrogen and oxygen atoms in total. The lowest BCUT2D eigenvalue weighted by atomic mass is 9.87. The number of anilines is 1. The van der Waals surface area contributed by atoms with Crippen molar-refractivity contribution in [3.63, 3.8) is 0 Å². The molecule has 9 heteroatoms. The highest BCUT2D eigenvalue weighted by Gasteiger charge is 2.45. The Morgan fingerprint density at radius 2 is 1.89 bits per heavy atom. The van der Waals surface area contributed by atoms with Crippen LogP contribution in [0.5, 0.6) is 5.75 Å². The maximum absolute atomic E-state index is 13.9. The number of alkyl halides is 3. The molecule has 0 spiro atoms. The standard InChI is InChI=1S/C19H16F4N2O3/c1-25-9-12(10-4-2-5-11(8-10)19(21,22)23)15(18(25)28)17(27)24-13-6-3-7-14(26)16(13)20/h2-8,12,15,26H,9H2,1H3,(H,24,27)/t12-,15+/m1/s1. The predicted octanol–water partition coefficient (Wildman–Crippen LogP) is 3.36. The summed E-state index contributed by atoms with van der Waals surface area (Å²) in [7, 11) is 1.44.